The van der Waals surface area contributed by atoms with Gasteiger partial charge in [0.15, 0.2) is 0 Å². The molecule has 1 N–H and O–H groups in total. The first-order chi connectivity index (χ1) is 13.7. The van der Waals surface area contributed by atoms with Crippen LogP contribution in [0.2, 0.25) is 0 Å². The molecule has 0 unspecified atom stereocenters. The summed E-state index contributed by atoms with van der Waals surface area (Å²) in [5.41, 5.74) is 2.38. The molecular weight excluding hydrogens is 348 g/mol. The lowest BCUT2D eigenvalue weighted by atomic mass is 9.89. The molecule has 2 aliphatic carbocycles. The second kappa shape index (κ2) is 8.80. The van der Waals surface area contributed by atoms with Crippen LogP contribution in [0.5, 0.6) is 0 Å². The molecule has 1 heterocycles. The third-order valence-corrected chi connectivity index (χ3v) is 6.14. The highest BCUT2D eigenvalue weighted by Gasteiger charge is 2.34. The van der Waals surface area contributed by atoms with E-state index in [2.05, 4.69) is 44.0 Å². The molecule has 0 spiro atoms. The minimum atomic E-state index is 0.115. The fourth-order valence-electron chi connectivity index (χ4n) is 4.32. The number of carbonyl (C=O) groups excluding carboxylic acids is 1. The van der Waals surface area contributed by atoms with E-state index in [4.69, 9.17) is 0 Å². The summed E-state index contributed by atoms with van der Waals surface area (Å²) < 4.78 is 2.14. The highest BCUT2D eigenvalue weighted by Crippen LogP contribution is 2.31. The fraction of sp³-hybridized carbons (Fsp3) is 0.565. The van der Waals surface area contributed by atoms with Crippen LogP contribution >= 0.6 is 0 Å². The van der Waals surface area contributed by atoms with E-state index >= 15 is 0 Å². The standard InChI is InChI=1S/C23H32N4O/c1-18-24-12-13-26(18)16-21-9-5-8-20(14-21)15-25-23(28)27(22-10-11-22)17-19-6-3-2-4-7-19/h5,8-9,12-14,19,22H,2-4,6-7,10-11,15-17H2,1H3,(H,25,28). The molecule has 2 saturated carbocycles. The molecule has 5 nitrogen and oxygen atoms in total. The van der Waals surface area contributed by atoms with Crippen molar-refractivity contribution in [1.29, 1.82) is 0 Å². The molecule has 2 amide bonds. The van der Waals surface area contributed by atoms with Gasteiger partial charge in [0.2, 0.25) is 0 Å². The molecule has 28 heavy (non-hydrogen) atoms. The normalized spacial score (nSPS) is 17.5. The Morgan fingerprint density at radius 3 is 2.68 bits per heavy atom. The molecule has 0 aliphatic heterocycles. The Bertz CT molecular complexity index is 789. The zero-order chi connectivity index (χ0) is 19.3. The van der Waals surface area contributed by atoms with Crippen molar-refractivity contribution in [2.24, 2.45) is 5.92 Å². The molecule has 5 heteroatoms. The van der Waals surface area contributed by atoms with E-state index in [0.29, 0.717) is 18.5 Å². The minimum absolute atomic E-state index is 0.115. The Labute approximate surface area is 168 Å². The third-order valence-electron chi connectivity index (χ3n) is 6.14. The lowest BCUT2D eigenvalue weighted by molar-refractivity contribution is 0.174. The lowest BCUT2D eigenvalue weighted by Gasteiger charge is -2.30. The molecule has 2 aromatic rings. The highest BCUT2D eigenvalue weighted by atomic mass is 16.2. The largest absolute Gasteiger partial charge is 0.334 e. The zero-order valence-corrected chi connectivity index (χ0v) is 16.9. The first-order valence-corrected chi connectivity index (χ1v) is 10.8. The lowest BCUT2D eigenvalue weighted by Crippen LogP contribution is -2.43. The molecule has 0 bridgehead atoms. The molecular formula is C23H32N4O. The quantitative estimate of drug-likeness (QED) is 0.769. The van der Waals surface area contributed by atoms with Gasteiger partial charge in [0.25, 0.3) is 0 Å². The van der Waals surface area contributed by atoms with Gasteiger partial charge in [-0.2, -0.15) is 0 Å². The summed E-state index contributed by atoms with van der Waals surface area (Å²) in [5.74, 6) is 1.71. The second-order valence-electron chi connectivity index (χ2n) is 8.47. The topological polar surface area (TPSA) is 50.2 Å². The molecule has 0 atom stereocenters. The van der Waals surface area contributed by atoms with Crippen LogP contribution in [0.15, 0.2) is 36.7 Å². The van der Waals surface area contributed by atoms with Crippen LogP contribution < -0.4 is 5.32 Å². The smallest absolute Gasteiger partial charge is 0.317 e. The summed E-state index contributed by atoms with van der Waals surface area (Å²) in [5, 5.41) is 3.18. The zero-order valence-electron chi connectivity index (χ0n) is 16.9. The number of hydrogen-bond donors (Lipinski definition) is 1. The maximum absolute atomic E-state index is 12.9. The van der Waals surface area contributed by atoms with Crippen LogP contribution in [0.1, 0.15) is 61.9 Å². The average Bonchev–Trinajstić information content (AvgIpc) is 3.48. The Hall–Kier alpha value is -2.30. The van der Waals surface area contributed by atoms with Gasteiger partial charge in [0, 0.05) is 38.1 Å². The molecule has 2 fully saturated rings. The van der Waals surface area contributed by atoms with Crippen LogP contribution in [-0.4, -0.2) is 33.1 Å². The number of nitrogens with one attached hydrogen (secondary N) is 1. The number of nitrogens with zero attached hydrogens (tertiary/aromatic N) is 3. The van der Waals surface area contributed by atoms with Gasteiger partial charge in [-0.15, -0.1) is 0 Å². The Balaban J connectivity index is 1.33. The van der Waals surface area contributed by atoms with Crippen molar-refractivity contribution in [2.45, 2.75) is 71.0 Å². The van der Waals surface area contributed by atoms with Gasteiger partial charge in [-0.25, -0.2) is 9.78 Å². The molecule has 1 aromatic heterocycles. The van der Waals surface area contributed by atoms with Crippen LogP contribution in [0.3, 0.4) is 0 Å². The van der Waals surface area contributed by atoms with Crippen molar-refractivity contribution in [2.75, 3.05) is 6.54 Å². The van der Waals surface area contributed by atoms with Gasteiger partial charge in [-0.3, -0.25) is 0 Å². The summed E-state index contributed by atoms with van der Waals surface area (Å²) in [6.07, 6.45) is 12.8. The van der Waals surface area contributed by atoms with Crippen molar-refractivity contribution in [3.63, 3.8) is 0 Å². The van der Waals surface area contributed by atoms with Crippen LogP contribution in [0.4, 0.5) is 4.79 Å². The molecule has 150 valence electrons. The maximum atomic E-state index is 12.9. The summed E-state index contributed by atoms with van der Waals surface area (Å²) in [6, 6.07) is 9.06. The highest BCUT2D eigenvalue weighted by molar-refractivity contribution is 5.75. The monoisotopic (exact) mass is 380 g/mol. The number of carbonyl (C=O) groups is 1. The SMILES string of the molecule is Cc1nccn1Cc1cccc(CNC(=O)N(CC2CCCCC2)C2CC2)c1. The maximum Gasteiger partial charge on any atom is 0.317 e. The molecule has 0 radical (unpaired) electrons. The van der Waals surface area contributed by atoms with E-state index in [-0.39, 0.29) is 6.03 Å². The number of urea groups is 1. The fourth-order valence-corrected chi connectivity index (χ4v) is 4.32. The Morgan fingerprint density at radius 1 is 1.18 bits per heavy atom. The Kier molecular flexibility index (Phi) is 5.98. The van der Waals surface area contributed by atoms with E-state index in [1.807, 2.05) is 19.3 Å². The van der Waals surface area contributed by atoms with Crippen LogP contribution in [-0.2, 0) is 13.1 Å². The van der Waals surface area contributed by atoms with Gasteiger partial charge in [-0.1, -0.05) is 43.5 Å². The van der Waals surface area contributed by atoms with E-state index < -0.39 is 0 Å². The summed E-state index contributed by atoms with van der Waals surface area (Å²) >= 11 is 0. The van der Waals surface area contributed by atoms with Gasteiger partial charge in [0.05, 0.1) is 0 Å². The Morgan fingerprint density at radius 2 is 1.96 bits per heavy atom. The first-order valence-electron chi connectivity index (χ1n) is 10.8. The number of imidazole rings is 1. The molecule has 2 aliphatic rings. The van der Waals surface area contributed by atoms with E-state index in [1.54, 1.807) is 0 Å². The number of benzene rings is 1. The van der Waals surface area contributed by atoms with Crippen molar-refractivity contribution < 1.29 is 4.79 Å². The van der Waals surface area contributed by atoms with Gasteiger partial charge in [0.1, 0.15) is 5.82 Å². The van der Waals surface area contributed by atoms with Gasteiger partial charge >= 0.3 is 6.03 Å². The van der Waals surface area contributed by atoms with E-state index in [1.165, 1.54) is 50.5 Å². The van der Waals surface area contributed by atoms with E-state index in [0.717, 1.165) is 24.5 Å². The number of rotatable bonds is 7. The summed E-state index contributed by atoms with van der Waals surface area (Å²) in [7, 11) is 0. The number of aromatic nitrogens is 2. The van der Waals surface area contributed by atoms with Crippen molar-refractivity contribution in [3.8, 4) is 0 Å². The van der Waals surface area contributed by atoms with Crippen molar-refractivity contribution in [3.05, 3.63) is 53.6 Å². The average molecular weight is 381 g/mol. The first kappa shape index (κ1) is 19.0. The number of hydrogen-bond acceptors (Lipinski definition) is 2. The third kappa shape index (κ3) is 4.94. The van der Waals surface area contributed by atoms with Gasteiger partial charge < -0.3 is 14.8 Å². The minimum Gasteiger partial charge on any atom is -0.334 e. The number of amides is 2. The van der Waals surface area contributed by atoms with Crippen molar-refractivity contribution >= 4 is 6.03 Å². The van der Waals surface area contributed by atoms with Crippen LogP contribution in [0.25, 0.3) is 0 Å². The molecule has 4 rings (SSSR count). The predicted octanol–water partition coefficient (Wildman–Crippen LogP) is 4.49. The summed E-state index contributed by atoms with van der Waals surface area (Å²) in [6.45, 7) is 4.35. The molecule has 0 saturated heterocycles. The van der Waals surface area contributed by atoms with Crippen LogP contribution in [0, 0.1) is 12.8 Å². The van der Waals surface area contributed by atoms with E-state index in [9.17, 15) is 4.79 Å². The second-order valence-corrected chi connectivity index (χ2v) is 8.47. The molecule has 1 aromatic carbocycles. The van der Waals surface area contributed by atoms with Gasteiger partial charge in [-0.05, 0) is 49.7 Å². The summed E-state index contributed by atoms with van der Waals surface area (Å²) in [4.78, 5) is 19.3. The number of aryl methyl sites for hydroxylation is 1. The van der Waals surface area contributed by atoms with Crippen molar-refractivity contribution in [1.82, 2.24) is 19.8 Å². The predicted molar refractivity (Wildman–Crippen MR) is 111 cm³/mol.